The third kappa shape index (κ3) is 3.69. The van der Waals surface area contributed by atoms with E-state index in [1.54, 1.807) is 24.3 Å². The number of nitrogens with one attached hydrogen (secondary N) is 1. The van der Waals surface area contributed by atoms with E-state index >= 15 is 0 Å². The third-order valence-electron chi connectivity index (χ3n) is 3.53. The molecule has 1 aliphatic rings. The molecule has 4 N–H and O–H groups in total. The molecule has 0 aromatic heterocycles. The van der Waals surface area contributed by atoms with E-state index in [9.17, 15) is 13.5 Å². The number of para-hydroxylation sites is 1. The summed E-state index contributed by atoms with van der Waals surface area (Å²) < 4.78 is 32.4. The Bertz CT molecular complexity index is 553. The molecular weight excluding hydrogens is 280 g/mol. The Labute approximate surface area is 119 Å². The Morgan fingerprint density at radius 3 is 2.55 bits per heavy atom. The van der Waals surface area contributed by atoms with Crippen molar-refractivity contribution >= 4 is 15.7 Å². The molecule has 112 valence electrons. The van der Waals surface area contributed by atoms with Gasteiger partial charge in [0, 0.05) is 18.9 Å². The zero-order valence-electron chi connectivity index (χ0n) is 11.2. The number of hydrogen-bond acceptors (Lipinski definition) is 5. The molecule has 0 spiro atoms. The van der Waals surface area contributed by atoms with Crippen molar-refractivity contribution in [1.82, 2.24) is 4.72 Å². The number of anilines is 1. The van der Waals surface area contributed by atoms with Crippen LogP contribution in [0.1, 0.15) is 18.4 Å². The second-order valence-corrected chi connectivity index (χ2v) is 6.83. The van der Waals surface area contributed by atoms with Crippen LogP contribution in [0.15, 0.2) is 24.3 Å². The Morgan fingerprint density at radius 1 is 1.30 bits per heavy atom. The van der Waals surface area contributed by atoms with Crippen molar-refractivity contribution in [3.05, 3.63) is 29.8 Å². The molecule has 0 saturated carbocycles. The van der Waals surface area contributed by atoms with Gasteiger partial charge in [0.15, 0.2) is 0 Å². The number of rotatable bonds is 5. The number of hydrogen-bond donors (Lipinski definition) is 3. The van der Waals surface area contributed by atoms with Crippen LogP contribution in [0, 0.1) is 0 Å². The van der Waals surface area contributed by atoms with Crippen LogP contribution in [0.5, 0.6) is 0 Å². The van der Waals surface area contributed by atoms with Crippen molar-refractivity contribution < 1.29 is 18.3 Å². The molecule has 0 unspecified atom stereocenters. The van der Waals surface area contributed by atoms with Crippen molar-refractivity contribution in [2.45, 2.75) is 24.1 Å². The Kier molecular flexibility index (Phi) is 4.64. The van der Waals surface area contributed by atoms with Gasteiger partial charge in [0.2, 0.25) is 10.0 Å². The van der Waals surface area contributed by atoms with Gasteiger partial charge in [-0.3, -0.25) is 0 Å². The molecule has 1 saturated heterocycles. The highest BCUT2D eigenvalue weighted by Crippen LogP contribution is 2.23. The summed E-state index contributed by atoms with van der Waals surface area (Å²) in [6.07, 6.45) is 0.931. The molecule has 0 amide bonds. The summed E-state index contributed by atoms with van der Waals surface area (Å²) in [7, 11) is -3.57. The molecule has 20 heavy (non-hydrogen) atoms. The summed E-state index contributed by atoms with van der Waals surface area (Å²) in [5.41, 5.74) is 5.95. The zero-order valence-corrected chi connectivity index (χ0v) is 12.0. The maximum absolute atomic E-state index is 12.3. The van der Waals surface area contributed by atoms with E-state index in [-0.39, 0.29) is 12.4 Å². The molecule has 0 atom stereocenters. The van der Waals surface area contributed by atoms with Crippen LogP contribution in [-0.2, 0) is 20.5 Å². The summed E-state index contributed by atoms with van der Waals surface area (Å²) in [4.78, 5) is 0. The van der Waals surface area contributed by atoms with E-state index in [1.807, 2.05) is 0 Å². The van der Waals surface area contributed by atoms with E-state index in [1.165, 1.54) is 0 Å². The highest BCUT2D eigenvalue weighted by molar-refractivity contribution is 7.88. The maximum Gasteiger partial charge on any atom is 0.216 e. The lowest BCUT2D eigenvalue weighted by Gasteiger charge is -2.35. The summed E-state index contributed by atoms with van der Waals surface area (Å²) in [6.45, 7) is 0.646. The van der Waals surface area contributed by atoms with Gasteiger partial charge in [-0.1, -0.05) is 18.2 Å². The first-order chi connectivity index (χ1) is 9.46. The van der Waals surface area contributed by atoms with Crippen molar-refractivity contribution in [2.75, 3.05) is 25.6 Å². The molecule has 1 aromatic rings. The van der Waals surface area contributed by atoms with Crippen LogP contribution in [0.2, 0.25) is 0 Å². The predicted octanol–water partition coefficient (Wildman–Crippen LogP) is 0.230. The molecule has 2 rings (SSSR count). The topological polar surface area (TPSA) is 102 Å². The van der Waals surface area contributed by atoms with Gasteiger partial charge in [-0.25, -0.2) is 13.1 Å². The summed E-state index contributed by atoms with van der Waals surface area (Å²) >= 11 is 0. The minimum absolute atomic E-state index is 0.192. The van der Waals surface area contributed by atoms with Gasteiger partial charge in [0.1, 0.15) is 0 Å². The summed E-state index contributed by atoms with van der Waals surface area (Å²) in [5, 5.41) is 9.52. The Balaban J connectivity index is 2.12. The number of sulfonamides is 1. The van der Waals surface area contributed by atoms with Crippen LogP contribution in [0.3, 0.4) is 0 Å². The molecule has 0 aliphatic carbocycles. The maximum atomic E-state index is 12.3. The highest BCUT2D eigenvalue weighted by atomic mass is 32.2. The Morgan fingerprint density at radius 2 is 1.95 bits per heavy atom. The van der Waals surface area contributed by atoms with Crippen LogP contribution in [-0.4, -0.2) is 38.9 Å². The highest BCUT2D eigenvalue weighted by Gasteiger charge is 2.36. The van der Waals surface area contributed by atoms with Gasteiger partial charge < -0.3 is 15.6 Å². The van der Waals surface area contributed by atoms with Crippen LogP contribution in [0.25, 0.3) is 0 Å². The number of benzene rings is 1. The SMILES string of the molecule is Nc1ccccc1CS(=O)(=O)NC1(CO)CCOCC1. The first-order valence-electron chi connectivity index (χ1n) is 6.50. The molecule has 1 aromatic carbocycles. The monoisotopic (exact) mass is 300 g/mol. The lowest BCUT2D eigenvalue weighted by atomic mass is 9.93. The van der Waals surface area contributed by atoms with E-state index in [0.717, 1.165) is 0 Å². The number of nitrogens with two attached hydrogens (primary N) is 1. The number of aliphatic hydroxyl groups excluding tert-OH is 1. The fourth-order valence-corrected chi connectivity index (χ4v) is 3.96. The van der Waals surface area contributed by atoms with E-state index in [2.05, 4.69) is 4.72 Å². The van der Waals surface area contributed by atoms with Crippen LogP contribution in [0.4, 0.5) is 5.69 Å². The second kappa shape index (κ2) is 6.09. The normalized spacial score (nSPS) is 18.9. The van der Waals surface area contributed by atoms with Gasteiger partial charge in [-0.15, -0.1) is 0 Å². The van der Waals surface area contributed by atoms with Crippen molar-refractivity contribution in [2.24, 2.45) is 0 Å². The molecule has 7 heteroatoms. The van der Waals surface area contributed by atoms with Crippen molar-refractivity contribution in [3.8, 4) is 0 Å². The molecule has 1 aliphatic heterocycles. The average molecular weight is 300 g/mol. The molecule has 0 radical (unpaired) electrons. The fraction of sp³-hybridized carbons (Fsp3) is 0.538. The Hall–Kier alpha value is -1.15. The van der Waals surface area contributed by atoms with E-state index in [0.29, 0.717) is 37.3 Å². The average Bonchev–Trinajstić information content (AvgIpc) is 2.42. The molecular formula is C13H20N2O4S. The molecule has 1 fully saturated rings. The summed E-state index contributed by atoms with van der Waals surface area (Å²) in [5.74, 6) is -0.192. The van der Waals surface area contributed by atoms with Crippen molar-refractivity contribution in [3.63, 3.8) is 0 Å². The molecule has 6 nitrogen and oxygen atoms in total. The third-order valence-corrected chi connectivity index (χ3v) is 4.96. The smallest absolute Gasteiger partial charge is 0.216 e. The quantitative estimate of drug-likeness (QED) is 0.676. The van der Waals surface area contributed by atoms with Gasteiger partial charge in [0.25, 0.3) is 0 Å². The first-order valence-corrected chi connectivity index (χ1v) is 8.15. The summed E-state index contributed by atoms with van der Waals surface area (Å²) in [6, 6.07) is 6.86. The lowest BCUT2D eigenvalue weighted by Crippen LogP contribution is -2.54. The number of aliphatic hydroxyl groups is 1. The zero-order chi connectivity index (χ0) is 14.6. The van der Waals surface area contributed by atoms with E-state index < -0.39 is 15.6 Å². The van der Waals surface area contributed by atoms with Crippen LogP contribution >= 0.6 is 0 Å². The number of ether oxygens (including phenoxy) is 1. The van der Waals surface area contributed by atoms with Gasteiger partial charge in [-0.05, 0) is 24.5 Å². The minimum Gasteiger partial charge on any atom is -0.398 e. The van der Waals surface area contributed by atoms with Gasteiger partial charge in [0.05, 0.1) is 17.9 Å². The largest absolute Gasteiger partial charge is 0.398 e. The van der Waals surface area contributed by atoms with Crippen LogP contribution < -0.4 is 10.5 Å². The molecule has 0 bridgehead atoms. The predicted molar refractivity (Wildman–Crippen MR) is 76.5 cm³/mol. The minimum atomic E-state index is -3.57. The van der Waals surface area contributed by atoms with Gasteiger partial charge >= 0.3 is 0 Å². The van der Waals surface area contributed by atoms with Gasteiger partial charge in [-0.2, -0.15) is 0 Å². The number of nitrogen functional groups attached to an aromatic ring is 1. The molecule has 1 heterocycles. The fourth-order valence-electron chi connectivity index (χ4n) is 2.29. The van der Waals surface area contributed by atoms with E-state index in [4.69, 9.17) is 10.5 Å². The van der Waals surface area contributed by atoms with Crippen molar-refractivity contribution in [1.29, 1.82) is 0 Å². The lowest BCUT2D eigenvalue weighted by molar-refractivity contribution is 0.0222. The second-order valence-electron chi connectivity index (χ2n) is 5.11. The first kappa shape index (κ1) is 15.2. The standard InChI is InChI=1S/C13H20N2O4S/c14-12-4-2-1-3-11(12)9-20(17,18)15-13(10-16)5-7-19-8-6-13/h1-4,15-16H,5-10,14H2.